The molecule has 0 aliphatic rings. The fraction of sp³-hybridized carbons (Fsp3) is 0.857. The number of hydrogen-bond donors (Lipinski definition) is 4. The summed E-state index contributed by atoms with van der Waals surface area (Å²) in [6, 6.07) is 0.176. The van der Waals surface area contributed by atoms with Gasteiger partial charge in [-0.25, -0.2) is 5.48 Å². The van der Waals surface area contributed by atoms with Crippen LogP contribution in [-0.4, -0.2) is 36.8 Å². The van der Waals surface area contributed by atoms with Crippen molar-refractivity contribution in [2.75, 3.05) is 19.6 Å². The molecule has 4 N–H and O–H groups in total. The first-order valence-corrected chi connectivity index (χ1v) is 4.04. The Kier molecular flexibility index (Phi) is 6.64. The highest BCUT2D eigenvalue weighted by molar-refractivity contribution is 5.78. The van der Waals surface area contributed by atoms with E-state index in [1.54, 1.807) is 0 Å². The van der Waals surface area contributed by atoms with Gasteiger partial charge in [0.1, 0.15) is 0 Å². The Morgan fingerprint density at radius 3 is 2.58 bits per heavy atom. The van der Waals surface area contributed by atoms with Crippen LogP contribution in [0.4, 0.5) is 0 Å². The average Bonchev–Trinajstić information content (AvgIpc) is 1.97. The molecule has 0 aliphatic heterocycles. The summed E-state index contributed by atoms with van der Waals surface area (Å²) in [5.74, 6) is -0.0251. The predicted molar refractivity (Wildman–Crippen MR) is 45.9 cm³/mol. The van der Waals surface area contributed by atoms with Gasteiger partial charge in [-0.15, -0.1) is 0 Å². The van der Waals surface area contributed by atoms with E-state index < -0.39 is 0 Å². The fourth-order valence-electron chi connectivity index (χ4n) is 0.719. The highest BCUT2D eigenvalue weighted by atomic mass is 16.5. The number of nitrogens with one attached hydrogen (secondary N) is 3. The second kappa shape index (κ2) is 7.02. The Bertz CT molecular complexity index is 128. The second-order valence-corrected chi connectivity index (χ2v) is 2.81. The summed E-state index contributed by atoms with van der Waals surface area (Å²) in [6.07, 6.45) is 0. The summed E-state index contributed by atoms with van der Waals surface area (Å²) in [7, 11) is 0. The molecule has 0 radical (unpaired) electrons. The first-order chi connectivity index (χ1) is 5.66. The normalized spacial score (nSPS) is 10.3. The number of carbonyl (C=O) groups excluding carboxylic acids is 1. The molecule has 0 saturated heterocycles. The lowest BCUT2D eigenvalue weighted by Gasteiger charge is -2.08. The summed E-state index contributed by atoms with van der Waals surface area (Å²) in [6.45, 7) is 5.12. The second-order valence-electron chi connectivity index (χ2n) is 2.81. The average molecular weight is 175 g/mol. The van der Waals surface area contributed by atoms with Crippen molar-refractivity contribution >= 4 is 5.91 Å². The van der Waals surface area contributed by atoms with E-state index in [9.17, 15) is 4.79 Å². The zero-order valence-electron chi connectivity index (χ0n) is 7.55. The zero-order valence-corrected chi connectivity index (χ0v) is 7.55. The summed E-state index contributed by atoms with van der Waals surface area (Å²) >= 11 is 0. The Morgan fingerprint density at radius 1 is 1.42 bits per heavy atom. The van der Waals surface area contributed by atoms with Gasteiger partial charge in [0.25, 0.3) is 0 Å². The number of hydrogen-bond acceptors (Lipinski definition) is 4. The lowest BCUT2D eigenvalue weighted by molar-refractivity contribution is -0.120. The van der Waals surface area contributed by atoms with Gasteiger partial charge in [0, 0.05) is 19.1 Å². The third-order valence-electron chi connectivity index (χ3n) is 1.15. The van der Waals surface area contributed by atoms with Crippen LogP contribution in [0.3, 0.4) is 0 Å². The summed E-state index contributed by atoms with van der Waals surface area (Å²) in [4.78, 5) is 11.0. The molecule has 1 amide bonds. The van der Waals surface area contributed by atoms with Gasteiger partial charge in [-0.3, -0.25) is 4.79 Å². The third kappa shape index (κ3) is 7.46. The molecule has 0 aromatic heterocycles. The van der Waals surface area contributed by atoms with E-state index in [4.69, 9.17) is 5.21 Å². The molecule has 0 aromatic carbocycles. The van der Waals surface area contributed by atoms with Crippen LogP contribution in [0.2, 0.25) is 0 Å². The van der Waals surface area contributed by atoms with Crippen LogP contribution in [0.25, 0.3) is 0 Å². The van der Waals surface area contributed by atoms with Crippen molar-refractivity contribution in [1.82, 2.24) is 16.1 Å². The van der Waals surface area contributed by atoms with Crippen molar-refractivity contribution in [3.63, 3.8) is 0 Å². The van der Waals surface area contributed by atoms with Crippen molar-refractivity contribution < 1.29 is 10.0 Å². The molecule has 5 nitrogen and oxygen atoms in total. The van der Waals surface area contributed by atoms with Crippen LogP contribution in [0.15, 0.2) is 0 Å². The van der Waals surface area contributed by atoms with Gasteiger partial charge in [0.15, 0.2) is 0 Å². The smallest absolute Gasteiger partial charge is 0.234 e. The SMILES string of the molecule is CC(C)NC(=O)CNCCNO. The van der Waals surface area contributed by atoms with Crippen LogP contribution in [0.1, 0.15) is 13.8 Å². The molecule has 12 heavy (non-hydrogen) atoms. The number of carbonyl (C=O) groups is 1. The van der Waals surface area contributed by atoms with Crippen LogP contribution < -0.4 is 16.1 Å². The van der Waals surface area contributed by atoms with Crippen molar-refractivity contribution in [2.24, 2.45) is 0 Å². The summed E-state index contributed by atoms with van der Waals surface area (Å²) in [5.41, 5.74) is 1.99. The van der Waals surface area contributed by atoms with Gasteiger partial charge in [0.2, 0.25) is 5.91 Å². The molecule has 0 atom stereocenters. The minimum atomic E-state index is -0.0251. The standard InChI is InChI=1S/C7H17N3O2/c1-6(2)10-7(11)5-8-3-4-9-12/h6,8-9,12H,3-5H2,1-2H3,(H,10,11). The zero-order chi connectivity index (χ0) is 9.40. The molecule has 0 unspecified atom stereocenters. The molecule has 0 aromatic rings. The van der Waals surface area contributed by atoms with Gasteiger partial charge < -0.3 is 15.8 Å². The monoisotopic (exact) mass is 175 g/mol. The Balaban J connectivity index is 3.20. The molecule has 0 saturated carbocycles. The van der Waals surface area contributed by atoms with Crippen molar-refractivity contribution in [3.05, 3.63) is 0 Å². The molecular weight excluding hydrogens is 158 g/mol. The van der Waals surface area contributed by atoms with Crippen LogP contribution in [0.5, 0.6) is 0 Å². The maximum Gasteiger partial charge on any atom is 0.234 e. The van der Waals surface area contributed by atoms with E-state index in [1.807, 2.05) is 19.3 Å². The molecule has 0 fully saturated rings. The number of rotatable bonds is 6. The molecule has 72 valence electrons. The maximum absolute atomic E-state index is 11.0. The number of amides is 1. The van der Waals surface area contributed by atoms with Crippen LogP contribution in [0, 0.1) is 0 Å². The predicted octanol–water partition coefficient (Wildman–Crippen LogP) is -0.921. The van der Waals surface area contributed by atoms with Crippen LogP contribution in [-0.2, 0) is 4.79 Å². The fourth-order valence-corrected chi connectivity index (χ4v) is 0.719. The summed E-state index contributed by atoms with van der Waals surface area (Å²) < 4.78 is 0. The van der Waals surface area contributed by atoms with Gasteiger partial charge in [-0.05, 0) is 13.8 Å². The largest absolute Gasteiger partial charge is 0.353 e. The van der Waals surface area contributed by atoms with Crippen molar-refractivity contribution in [1.29, 1.82) is 0 Å². The first kappa shape index (κ1) is 11.4. The van der Waals surface area contributed by atoms with E-state index >= 15 is 0 Å². The van der Waals surface area contributed by atoms with E-state index in [-0.39, 0.29) is 11.9 Å². The van der Waals surface area contributed by atoms with E-state index in [0.717, 1.165) is 0 Å². The molecule has 5 heteroatoms. The molecule has 0 bridgehead atoms. The molecule has 0 spiro atoms. The van der Waals surface area contributed by atoms with E-state index in [1.165, 1.54) is 0 Å². The Labute approximate surface area is 72.5 Å². The van der Waals surface area contributed by atoms with Gasteiger partial charge in [-0.2, -0.15) is 0 Å². The Morgan fingerprint density at radius 2 is 2.08 bits per heavy atom. The first-order valence-electron chi connectivity index (χ1n) is 4.04. The Hall–Kier alpha value is -0.650. The minimum absolute atomic E-state index is 0.0251. The highest BCUT2D eigenvalue weighted by Gasteiger charge is 2.00. The number of hydroxylamine groups is 1. The van der Waals surface area contributed by atoms with Crippen molar-refractivity contribution in [3.8, 4) is 0 Å². The molecule has 0 rings (SSSR count). The molecule has 0 aliphatic carbocycles. The van der Waals surface area contributed by atoms with Crippen LogP contribution >= 0.6 is 0 Å². The maximum atomic E-state index is 11.0. The van der Waals surface area contributed by atoms with E-state index in [2.05, 4.69) is 10.6 Å². The van der Waals surface area contributed by atoms with E-state index in [0.29, 0.717) is 19.6 Å². The van der Waals surface area contributed by atoms with Gasteiger partial charge in [-0.1, -0.05) is 0 Å². The van der Waals surface area contributed by atoms with Crippen molar-refractivity contribution in [2.45, 2.75) is 19.9 Å². The molecule has 0 heterocycles. The quantitative estimate of drug-likeness (QED) is 0.311. The lowest BCUT2D eigenvalue weighted by atomic mass is 10.4. The summed E-state index contributed by atoms with van der Waals surface area (Å²) in [5, 5.41) is 13.8. The minimum Gasteiger partial charge on any atom is -0.353 e. The van der Waals surface area contributed by atoms with Gasteiger partial charge in [0.05, 0.1) is 6.54 Å². The molecular formula is C7H17N3O2. The highest BCUT2D eigenvalue weighted by Crippen LogP contribution is 1.74. The topological polar surface area (TPSA) is 73.4 Å². The van der Waals surface area contributed by atoms with Gasteiger partial charge >= 0.3 is 0 Å². The third-order valence-corrected chi connectivity index (χ3v) is 1.15. The lowest BCUT2D eigenvalue weighted by Crippen LogP contribution is -2.39.